The van der Waals surface area contributed by atoms with Gasteiger partial charge in [-0.25, -0.2) is 9.37 Å². The van der Waals surface area contributed by atoms with Crippen LogP contribution in [0.5, 0.6) is 0 Å². The first-order chi connectivity index (χ1) is 20.6. The normalized spacial score (nSPS) is 11.9. The lowest BCUT2D eigenvalue weighted by molar-refractivity contribution is -0.117. The summed E-state index contributed by atoms with van der Waals surface area (Å²) in [7, 11) is 5.00. The van der Waals surface area contributed by atoms with Crippen LogP contribution in [0, 0.1) is 12.7 Å². The van der Waals surface area contributed by atoms with E-state index in [0.29, 0.717) is 17.0 Å². The highest BCUT2D eigenvalue weighted by Gasteiger charge is 2.19. The lowest BCUT2D eigenvalue weighted by atomic mass is 10.1. The minimum atomic E-state index is -0.522. The van der Waals surface area contributed by atoms with Crippen LogP contribution in [-0.4, -0.2) is 58.0 Å². The average molecular weight is 581 g/mol. The minimum Gasteiger partial charge on any atom is -0.345 e. The number of nitrogens with zero attached hydrogens (tertiary/aromatic N) is 4. The van der Waals surface area contributed by atoms with E-state index in [9.17, 15) is 18.8 Å². The summed E-state index contributed by atoms with van der Waals surface area (Å²) in [6, 6.07) is 18.8. The van der Waals surface area contributed by atoms with Gasteiger partial charge in [-0.15, -0.1) is 0 Å². The SMILES string of the molecule is CN[C@@H](C)C(=O)Nc1cnc(-c2cccc(C(=O)N(C)C)c2)n(Cc2cccc(-n3cc(C)c4cc(F)ccc43)c2)c1=O. The lowest BCUT2D eigenvalue weighted by Crippen LogP contribution is -2.38. The average Bonchev–Trinajstić information content (AvgIpc) is 3.33. The number of aromatic nitrogens is 3. The van der Waals surface area contributed by atoms with Crippen LogP contribution >= 0.6 is 0 Å². The summed E-state index contributed by atoms with van der Waals surface area (Å²) in [6.07, 6.45) is 3.30. The number of aryl methyl sites for hydroxylation is 1. The molecule has 220 valence electrons. The minimum absolute atomic E-state index is 0.0431. The molecule has 2 amide bonds. The fraction of sp³-hybridized carbons (Fsp3) is 0.212. The fourth-order valence-corrected chi connectivity index (χ4v) is 4.94. The Kier molecular flexibility index (Phi) is 8.22. The Morgan fingerprint density at radius 3 is 2.56 bits per heavy atom. The molecule has 0 aliphatic heterocycles. The van der Waals surface area contributed by atoms with Gasteiger partial charge in [0.1, 0.15) is 17.3 Å². The Morgan fingerprint density at radius 2 is 1.81 bits per heavy atom. The number of carbonyl (C=O) groups excluding carboxylic acids is 2. The van der Waals surface area contributed by atoms with Crippen molar-refractivity contribution >= 4 is 28.4 Å². The summed E-state index contributed by atoms with van der Waals surface area (Å²) in [6.45, 7) is 3.76. The van der Waals surface area contributed by atoms with Crippen LogP contribution in [0.1, 0.15) is 28.4 Å². The fourth-order valence-electron chi connectivity index (χ4n) is 4.94. The van der Waals surface area contributed by atoms with E-state index in [4.69, 9.17) is 0 Å². The van der Waals surface area contributed by atoms with E-state index in [1.807, 2.05) is 42.0 Å². The molecule has 2 aromatic heterocycles. The monoisotopic (exact) mass is 580 g/mol. The highest BCUT2D eigenvalue weighted by Crippen LogP contribution is 2.26. The number of likely N-dealkylation sites (N-methyl/N-ethyl adjacent to an activating group) is 1. The standard InChI is InChI=1S/C33H33FN6O3/c1-20-18-39(29-13-12-25(34)16-27(20)29)26-11-6-8-22(14-26)19-40-30(23-9-7-10-24(15-23)32(42)38(4)5)36-17-28(33(40)43)37-31(41)21(2)35-3/h6-18,21,35H,19H2,1-5H3,(H,37,41)/t21-/m0/s1. The van der Waals surface area contributed by atoms with Crippen LogP contribution in [0.2, 0.25) is 0 Å². The Hall–Kier alpha value is -5.09. The third kappa shape index (κ3) is 5.96. The molecule has 0 saturated heterocycles. The molecule has 10 heteroatoms. The molecule has 0 bridgehead atoms. The molecule has 0 spiro atoms. The van der Waals surface area contributed by atoms with Crippen LogP contribution < -0.4 is 16.2 Å². The Bertz CT molecular complexity index is 1910. The molecule has 43 heavy (non-hydrogen) atoms. The molecule has 0 aliphatic carbocycles. The summed E-state index contributed by atoms with van der Waals surface area (Å²) >= 11 is 0. The zero-order valence-corrected chi connectivity index (χ0v) is 24.7. The first kappa shape index (κ1) is 29.4. The number of fused-ring (bicyclic) bond motifs is 1. The number of anilines is 1. The van der Waals surface area contributed by atoms with Crippen LogP contribution in [0.4, 0.5) is 10.1 Å². The van der Waals surface area contributed by atoms with Gasteiger partial charge in [-0.2, -0.15) is 0 Å². The number of halogens is 1. The summed E-state index contributed by atoms with van der Waals surface area (Å²) in [4.78, 5) is 45.2. The summed E-state index contributed by atoms with van der Waals surface area (Å²) in [5.41, 5.74) is 4.09. The Labute approximate surface area is 248 Å². The van der Waals surface area contributed by atoms with Crippen molar-refractivity contribution in [2.24, 2.45) is 0 Å². The lowest BCUT2D eigenvalue weighted by Gasteiger charge is -2.17. The molecule has 2 N–H and O–H groups in total. The van der Waals surface area contributed by atoms with Crippen molar-refractivity contribution in [2.75, 3.05) is 26.5 Å². The van der Waals surface area contributed by atoms with Gasteiger partial charge in [0.25, 0.3) is 11.5 Å². The Morgan fingerprint density at radius 1 is 1.05 bits per heavy atom. The maximum absolute atomic E-state index is 13.9. The predicted octanol–water partition coefficient (Wildman–Crippen LogP) is 4.60. The van der Waals surface area contributed by atoms with E-state index in [2.05, 4.69) is 15.6 Å². The third-order valence-corrected chi connectivity index (χ3v) is 7.40. The molecule has 0 unspecified atom stereocenters. The number of amides is 2. The van der Waals surface area contributed by atoms with Crippen molar-refractivity contribution in [3.05, 3.63) is 112 Å². The molecule has 9 nitrogen and oxygen atoms in total. The van der Waals surface area contributed by atoms with Gasteiger partial charge in [-0.1, -0.05) is 24.3 Å². The largest absolute Gasteiger partial charge is 0.345 e. The third-order valence-electron chi connectivity index (χ3n) is 7.40. The quantitative estimate of drug-likeness (QED) is 0.280. The van der Waals surface area contributed by atoms with Gasteiger partial charge < -0.3 is 20.1 Å². The van der Waals surface area contributed by atoms with Crippen LogP contribution in [0.15, 0.2) is 83.9 Å². The first-order valence-corrected chi connectivity index (χ1v) is 13.8. The second-order valence-corrected chi connectivity index (χ2v) is 10.7. The zero-order chi connectivity index (χ0) is 30.8. The molecular weight excluding hydrogens is 547 g/mol. The Balaban J connectivity index is 1.61. The zero-order valence-electron chi connectivity index (χ0n) is 24.7. The summed E-state index contributed by atoms with van der Waals surface area (Å²) in [5, 5.41) is 6.36. The van der Waals surface area contributed by atoms with Gasteiger partial charge in [0, 0.05) is 42.5 Å². The molecule has 0 saturated carbocycles. The highest BCUT2D eigenvalue weighted by molar-refractivity contribution is 5.95. The van der Waals surface area contributed by atoms with Gasteiger partial charge in [0.15, 0.2) is 0 Å². The van der Waals surface area contributed by atoms with Crippen molar-refractivity contribution in [1.82, 2.24) is 24.3 Å². The van der Waals surface area contributed by atoms with E-state index in [1.165, 1.54) is 27.8 Å². The van der Waals surface area contributed by atoms with Crippen LogP contribution in [-0.2, 0) is 11.3 Å². The topological polar surface area (TPSA) is 101 Å². The van der Waals surface area contributed by atoms with E-state index < -0.39 is 11.6 Å². The van der Waals surface area contributed by atoms with Crippen molar-refractivity contribution in [3.8, 4) is 17.1 Å². The van der Waals surface area contributed by atoms with Gasteiger partial charge >= 0.3 is 0 Å². The smallest absolute Gasteiger partial charge is 0.277 e. The first-order valence-electron chi connectivity index (χ1n) is 13.8. The van der Waals surface area contributed by atoms with Gasteiger partial charge in [0.2, 0.25) is 5.91 Å². The number of nitrogens with one attached hydrogen (secondary N) is 2. The molecule has 0 aliphatic rings. The second kappa shape index (κ2) is 12.0. The number of benzene rings is 3. The molecule has 5 rings (SSSR count). The molecule has 5 aromatic rings. The van der Waals surface area contributed by atoms with Gasteiger partial charge in [-0.05, 0) is 74.5 Å². The number of hydrogen-bond donors (Lipinski definition) is 2. The predicted molar refractivity (Wildman–Crippen MR) is 166 cm³/mol. The number of rotatable bonds is 8. The van der Waals surface area contributed by atoms with E-state index in [0.717, 1.165) is 27.7 Å². The number of carbonyl (C=O) groups is 2. The van der Waals surface area contributed by atoms with E-state index >= 15 is 0 Å². The molecular formula is C33H33FN6O3. The maximum Gasteiger partial charge on any atom is 0.277 e. The summed E-state index contributed by atoms with van der Waals surface area (Å²) < 4.78 is 17.4. The highest BCUT2D eigenvalue weighted by atomic mass is 19.1. The van der Waals surface area contributed by atoms with Crippen molar-refractivity contribution in [3.63, 3.8) is 0 Å². The van der Waals surface area contributed by atoms with Crippen molar-refractivity contribution in [2.45, 2.75) is 26.4 Å². The molecule has 0 fully saturated rings. The van der Waals surface area contributed by atoms with E-state index in [-0.39, 0.29) is 29.9 Å². The summed E-state index contributed by atoms with van der Waals surface area (Å²) in [5.74, 6) is -0.495. The van der Waals surface area contributed by atoms with Crippen LogP contribution in [0.25, 0.3) is 28.0 Å². The second-order valence-electron chi connectivity index (χ2n) is 10.7. The number of hydrogen-bond acceptors (Lipinski definition) is 5. The van der Waals surface area contributed by atoms with Gasteiger partial charge in [-0.3, -0.25) is 19.0 Å². The molecule has 3 aromatic carbocycles. The molecule has 0 radical (unpaired) electrons. The maximum atomic E-state index is 13.9. The van der Waals surface area contributed by atoms with Crippen molar-refractivity contribution in [1.29, 1.82) is 0 Å². The van der Waals surface area contributed by atoms with Crippen LogP contribution in [0.3, 0.4) is 0 Å². The van der Waals surface area contributed by atoms with E-state index in [1.54, 1.807) is 58.4 Å². The van der Waals surface area contributed by atoms with Crippen molar-refractivity contribution < 1.29 is 14.0 Å². The van der Waals surface area contributed by atoms with Gasteiger partial charge in [0.05, 0.1) is 24.3 Å². The molecule has 1 atom stereocenters. The molecule has 2 heterocycles.